The molecule has 0 bridgehead atoms. The van der Waals surface area contributed by atoms with Crippen LogP contribution in [0.3, 0.4) is 0 Å². The number of fused-ring (bicyclic) bond motifs is 1. The summed E-state index contributed by atoms with van der Waals surface area (Å²) in [5, 5.41) is 0. The van der Waals surface area contributed by atoms with E-state index in [1.807, 2.05) is 59.7 Å². The predicted octanol–water partition coefficient (Wildman–Crippen LogP) is 4.85. The van der Waals surface area contributed by atoms with Gasteiger partial charge in [-0.25, -0.2) is 13.2 Å². The average Bonchev–Trinajstić information content (AvgIpc) is 2.76. The van der Waals surface area contributed by atoms with Crippen LogP contribution in [0, 0.1) is 41.5 Å². The molecule has 4 rings (SSSR count). The standard InChI is InChI=1S/C25H32N2O4S/c1-15-7-8-23-21(13-15)14-31-25(28)27(23)22-9-11-26(12-10-22)32(29,30)24-19(5)17(3)16(2)18(4)20(24)6/h7-8,13,22H,9-12,14H2,1-6H3. The van der Waals surface area contributed by atoms with Crippen LogP contribution in [0.15, 0.2) is 23.1 Å². The Labute approximate surface area is 191 Å². The van der Waals surface area contributed by atoms with Gasteiger partial charge < -0.3 is 4.74 Å². The van der Waals surface area contributed by atoms with E-state index in [2.05, 4.69) is 0 Å². The number of aryl methyl sites for hydroxylation is 1. The highest BCUT2D eigenvalue weighted by Crippen LogP contribution is 2.35. The average molecular weight is 457 g/mol. The number of piperidine rings is 1. The second kappa shape index (κ2) is 8.19. The Hall–Kier alpha value is -2.38. The maximum absolute atomic E-state index is 13.6. The Morgan fingerprint density at radius 3 is 2.03 bits per heavy atom. The Morgan fingerprint density at radius 2 is 1.44 bits per heavy atom. The fourth-order valence-electron chi connectivity index (χ4n) is 5.04. The molecule has 0 spiro atoms. The van der Waals surface area contributed by atoms with Crippen molar-refractivity contribution in [1.82, 2.24) is 4.31 Å². The maximum Gasteiger partial charge on any atom is 0.414 e. The van der Waals surface area contributed by atoms with Gasteiger partial charge in [-0.2, -0.15) is 4.31 Å². The first-order valence-corrected chi connectivity index (χ1v) is 12.6. The first-order valence-electron chi connectivity index (χ1n) is 11.2. The van der Waals surface area contributed by atoms with Crippen molar-refractivity contribution in [3.8, 4) is 0 Å². The summed E-state index contributed by atoms with van der Waals surface area (Å²) in [6.45, 7) is 12.9. The second-order valence-corrected chi connectivity index (χ2v) is 11.0. The minimum Gasteiger partial charge on any atom is -0.444 e. The molecule has 2 aliphatic rings. The molecule has 1 saturated heterocycles. The van der Waals surface area contributed by atoms with E-state index in [1.165, 1.54) is 0 Å². The van der Waals surface area contributed by atoms with E-state index >= 15 is 0 Å². The maximum atomic E-state index is 13.6. The molecule has 7 heteroatoms. The number of sulfonamides is 1. The van der Waals surface area contributed by atoms with Crippen LogP contribution in [0.5, 0.6) is 0 Å². The summed E-state index contributed by atoms with van der Waals surface area (Å²) in [5.41, 5.74) is 7.87. The molecule has 0 N–H and O–H groups in total. The summed E-state index contributed by atoms with van der Waals surface area (Å²) in [6, 6.07) is 5.93. The van der Waals surface area contributed by atoms with Crippen molar-refractivity contribution >= 4 is 21.8 Å². The predicted molar refractivity (Wildman–Crippen MR) is 126 cm³/mol. The minimum atomic E-state index is -3.62. The molecule has 2 aliphatic heterocycles. The van der Waals surface area contributed by atoms with E-state index in [-0.39, 0.29) is 18.7 Å². The zero-order chi connectivity index (χ0) is 23.4. The van der Waals surface area contributed by atoms with Crippen molar-refractivity contribution in [3.63, 3.8) is 0 Å². The lowest BCUT2D eigenvalue weighted by molar-refractivity contribution is 0.135. The van der Waals surface area contributed by atoms with E-state index < -0.39 is 10.0 Å². The van der Waals surface area contributed by atoms with E-state index in [4.69, 9.17) is 4.74 Å². The smallest absolute Gasteiger partial charge is 0.414 e. The number of rotatable bonds is 3. The number of hydrogen-bond acceptors (Lipinski definition) is 4. The van der Waals surface area contributed by atoms with Crippen LogP contribution >= 0.6 is 0 Å². The number of anilines is 1. The van der Waals surface area contributed by atoms with Gasteiger partial charge in [-0.1, -0.05) is 17.7 Å². The van der Waals surface area contributed by atoms with Crippen molar-refractivity contribution in [3.05, 3.63) is 57.1 Å². The molecule has 0 atom stereocenters. The van der Waals surface area contributed by atoms with E-state index in [0.29, 0.717) is 30.8 Å². The van der Waals surface area contributed by atoms with Gasteiger partial charge in [0.05, 0.1) is 10.6 Å². The van der Waals surface area contributed by atoms with Crippen molar-refractivity contribution in [1.29, 1.82) is 0 Å². The van der Waals surface area contributed by atoms with Crippen LogP contribution in [0.4, 0.5) is 10.5 Å². The van der Waals surface area contributed by atoms with Gasteiger partial charge in [-0.15, -0.1) is 0 Å². The van der Waals surface area contributed by atoms with Crippen LogP contribution in [0.25, 0.3) is 0 Å². The molecule has 172 valence electrons. The molecular formula is C25H32N2O4S. The van der Waals surface area contributed by atoms with Gasteiger partial charge in [0.1, 0.15) is 6.61 Å². The topological polar surface area (TPSA) is 66.9 Å². The van der Waals surface area contributed by atoms with E-state index in [0.717, 1.165) is 44.6 Å². The number of benzene rings is 2. The molecule has 1 amide bonds. The van der Waals surface area contributed by atoms with Crippen LogP contribution < -0.4 is 4.90 Å². The molecule has 1 fully saturated rings. The van der Waals surface area contributed by atoms with Crippen LogP contribution in [-0.4, -0.2) is 37.9 Å². The monoisotopic (exact) mass is 456 g/mol. The Kier molecular flexibility index (Phi) is 5.84. The zero-order valence-electron chi connectivity index (χ0n) is 19.8. The number of hydrogen-bond donors (Lipinski definition) is 0. The van der Waals surface area contributed by atoms with Gasteiger partial charge in [0.15, 0.2) is 0 Å². The van der Waals surface area contributed by atoms with Gasteiger partial charge in [-0.3, -0.25) is 4.90 Å². The molecule has 2 aromatic carbocycles. The molecule has 2 aromatic rings. The molecule has 0 unspecified atom stereocenters. The third-order valence-electron chi connectivity index (χ3n) is 7.36. The number of amides is 1. The lowest BCUT2D eigenvalue weighted by Gasteiger charge is -2.40. The minimum absolute atomic E-state index is 0.0839. The van der Waals surface area contributed by atoms with Gasteiger partial charge in [-0.05, 0) is 88.3 Å². The highest BCUT2D eigenvalue weighted by atomic mass is 32.2. The number of cyclic esters (lactones) is 1. The van der Waals surface area contributed by atoms with Crippen molar-refractivity contribution < 1.29 is 17.9 Å². The van der Waals surface area contributed by atoms with E-state index in [1.54, 1.807) is 9.21 Å². The quantitative estimate of drug-likeness (QED) is 0.662. The second-order valence-electron chi connectivity index (χ2n) is 9.15. The largest absolute Gasteiger partial charge is 0.444 e. The number of nitrogens with zero attached hydrogens (tertiary/aromatic N) is 2. The highest BCUT2D eigenvalue weighted by Gasteiger charge is 2.38. The first kappa shape index (κ1) is 22.8. The van der Waals surface area contributed by atoms with Gasteiger partial charge in [0, 0.05) is 24.7 Å². The van der Waals surface area contributed by atoms with Crippen LogP contribution in [0.1, 0.15) is 51.8 Å². The summed E-state index contributed by atoms with van der Waals surface area (Å²) in [5.74, 6) is 0. The van der Waals surface area contributed by atoms with Gasteiger partial charge in [0.25, 0.3) is 0 Å². The van der Waals surface area contributed by atoms with Crippen LogP contribution in [0.2, 0.25) is 0 Å². The normalized spacial score (nSPS) is 17.9. The molecular weight excluding hydrogens is 424 g/mol. The molecule has 32 heavy (non-hydrogen) atoms. The van der Waals surface area contributed by atoms with Gasteiger partial charge >= 0.3 is 6.09 Å². The molecule has 0 aromatic heterocycles. The van der Waals surface area contributed by atoms with Crippen molar-refractivity contribution in [2.45, 2.75) is 71.9 Å². The molecule has 0 radical (unpaired) electrons. The summed E-state index contributed by atoms with van der Waals surface area (Å²) in [4.78, 5) is 14.8. The Balaban J connectivity index is 1.60. The first-order chi connectivity index (χ1) is 15.0. The summed E-state index contributed by atoms with van der Waals surface area (Å²) in [6.07, 6.45) is 0.798. The lowest BCUT2D eigenvalue weighted by Crippen LogP contribution is -2.50. The number of carbonyl (C=O) groups is 1. The van der Waals surface area contributed by atoms with E-state index in [9.17, 15) is 13.2 Å². The van der Waals surface area contributed by atoms with Crippen LogP contribution in [-0.2, 0) is 21.4 Å². The Bertz CT molecular complexity index is 1170. The molecule has 0 saturated carbocycles. The van der Waals surface area contributed by atoms with Crippen molar-refractivity contribution in [2.75, 3.05) is 18.0 Å². The fourth-order valence-corrected chi connectivity index (χ4v) is 7.07. The third kappa shape index (κ3) is 3.61. The zero-order valence-corrected chi connectivity index (χ0v) is 20.6. The SMILES string of the molecule is Cc1ccc2c(c1)COC(=O)N2C1CCN(S(=O)(=O)c2c(C)c(C)c(C)c(C)c2C)CC1. The number of ether oxygens (including phenoxy) is 1. The highest BCUT2D eigenvalue weighted by molar-refractivity contribution is 7.89. The summed E-state index contributed by atoms with van der Waals surface area (Å²) >= 11 is 0. The lowest BCUT2D eigenvalue weighted by atomic mass is 9.95. The van der Waals surface area contributed by atoms with Crippen molar-refractivity contribution in [2.24, 2.45) is 0 Å². The molecule has 0 aliphatic carbocycles. The molecule has 2 heterocycles. The van der Waals surface area contributed by atoms with Gasteiger partial charge in [0.2, 0.25) is 10.0 Å². The fraction of sp³-hybridized carbons (Fsp3) is 0.480. The third-order valence-corrected chi connectivity index (χ3v) is 9.53. The Morgan fingerprint density at radius 1 is 0.875 bits per heavy atom. The summed E-state index contributed by atoms with van der Waals surface area (Å²) < 4.78 is 34.3. The summed E-state index contributed by atoms with van der Waals surface area (Å²) in [7, 11) is -3.62. The molecule has 6 nitrogen and oxygen atoms in total. The number of carbonyl (C=O) groups excluding carboxylic acids is 1.